The third-order valence-electron chi connectivity index (χ3n) is 5.55. The highest BCUT2D eigenvalue weighted by Gasteiger charge is 2.49. The number of unbranched alkanes of at least 4 members (excludes halogenated alkanes) is 2. The fourth-order valence-electron chi connectivity index (χ4n) is 3.98. The highest BCUT2D eigenvalue weighted by atomic mass is 79.9. The van der Waals surface area contributed by atoms with Crippen molar-refractivity contribution in [2.75, 3.05) is 11.9 Å². The van der Waals surface area contributed by atoms with E-state index >= 15 is 0 Å². The maximum atomic E-state index is 13.9. The Balaban J connectivity index is 2.05. The molecule has 5 heteroatoms. The molecule has 0 amide bonds. The predicted molar refractivity (Wildman–Crippen MR) is 139 cm³/mol. The number of allylic oxidation sites excluding steroid dienone is 4. The summed E-state index contributed by atoms with van der Waals surface area (Å²) in [5.74, 6) is -0.549. The van der Waals surface area contributed by atoms with Gasteiger partial charge in [0.15, 0.2) is 0 Å². The maximum Gasteiger partial charge on any atom is 0.261 e. The lowest BCUT2D eigenvalue weighted by Gasteiger charge is -2.43. The zero-order valence-electron chi connectivity index (χ0n) is 19.4. The number of rotatable bonds is 12. The Morgan fingerprint density at radius 2 is 1.44 bits per heavy atom. The van der Waals surface area contributed by atoms with Crippen molar-refractivity contribution in [3.8, 4) is 0 Å². The molecule has 0 atom stereocenters. The topological polar surface area (TPSA) is 9.23 Å². The molecule has 0 N–H and O–H groups in total. The van der Waals surface area contributed by atoms with Crippen LogP contribution in [0.5, 0.6) is 0 Å². The van der Waals surface area contributed by atoms with Gasteiger partial charge in [-0.05, 0) is 40.8 Å². The van der Waals surface area contributed by atoms with Crippen LogP contribution in [-0.2, 0) is 4.43 Å². The van der Waals surface area contributed by atoms with Crippen LogP contribution >= 0.6 is 15.9 Å². The van der Waals surface area contributed by atoms with E-state index in [0.717, 1.165) is 12.8 Å². The zero-order chi connectivity index (χ0) is 23.5. The molecule has 2 rings (SSSR count). The van der Waals surface area contributed by atoms with Crippen molar-refractivity contribution in [1.29, 1.82) is 0 Å². The molecule has 0 unspecified atom stereocenters. The van der Waals surface area contributed by atoms with E-state index in [1.807, 2.05) is 12.1 Å². The highest BCUT2D eigenvalue weighted by Crippen LogP contribution is 2.36. The minimum atomic E-state index is -2.51. The molecule has 0 aromatic heterocycles. The molecule has 2 aromatic carbocycles. The molecular weight excluding hydrogens is 486 g/mol. The number of hydrogen-bond donors (Lipinski definition) is 0. The molecule has 0 fully saturated rings. The summed E-state index contributed by atoms with van der Waals surface area (Å²) in [5.41, 5.74) is 0. The summed E-state index contributed by atoms with van der Waals surface area (Å²) in [6, 6.07) is 21.1. The van der Waals surface area contributed by atoms with Gasteiger partial charge in [-0.3, -0.25) is 0 Å². The van der Waals surface area contributed by atoms with Gasteiger partial charge in [-0.1, -0.05) is 103 Å². The Morgan fingerprint density at radius 1 is 0.875 bits per heavy atom. The first-order chi connectivity index (χ1) is 15.3. The molecule has 2 aromatic rings. The van der Waals surface area contributed by atoms with E-state index in [0.29, 0.717) is 24.8 Å². The standard InChI is InChI=1S/C27H35BrF2OSi/c1-27(2,3)32(25-14-8-4-9-15-25,26-16-10-5-11-17-26)31-22-12-6-7-13-23(29)18-19-24(30)20-21-28/h4-5,8-11,13-17,19H,6-7,12,18,20-22H2,1-3H3/b23-13+,24-19+. The zero-order valence-corrected chi connectivity index (χ0v) is 22.0. The second-order valence-corrected chi connectivity index (χ2v) is 14.1. The van der Waals surface area contributed by atoms with Gasteiger partial charge in [0.1, 0.15) is 0 Å². The molecule has 0 spiro atoms. The number of alkyl halides is 1. The fraction of sp³-hybridized carbons (Fsp3) is 0.407. The van der Waals surface area contributed by atoms with E-state index in [1.54, 1.807) is 6.08 Å². The minimum Gasteiger partial charge on any atom is -0.407 e. The van der Waals surface area contributed by atoms with Crippen LogP contribution in [0.2, 0.25) is 5.04 Å². The van der Waals surface area contributed by atoms with Gasteiger partial charge in [-0.2, -0.15) is 0 Å². The van der Waals surface area contributed by atoms with Crippen molar-refractivity contribution >= 4 is 34.6 Å². The van der Waals surface area contributed by atoms with Gasteiger partial charge in [0.2, 0.25) is 0 Å². The third-order valence-corrected chi connectivity index (χ3v) is 11.0. The van der Waals surface area contributed by atoms with E-state index in [-0.39, 0.29) is 23.1 Å². The third kappa shape index (κ3) is 7.50. The average molecular weight is 522 g/mol. The first kappa shape index (κ1) is 26.7. The predicted octanol–water partition coefficient (Wildman–Crippen LogP) is 7.62. The maximum absolute atomic E-state index is 13.9. The molecule has 0 saturated heterocycles. The molecular formula is C27H35BrF2OSi. The first-order valence-electron chi connectivity index (χ1n) is 11.3. The van der Waals surface area contributed by atoms with Gasteiger partial charge in [-0.25, -0.2) is 8.78 Å². The smallest absolute Gasteiger partial charge is 0.261 e. The van der Waals surface area contributed by atoms with Crippen LogP contribution < -0.4 is 10.4 Å². The summed E-state index contributed by atoms with van der Waals surface area (Å²) in [6.45, 7) is 7.42. The van der Waals surface area contributed by atoms with Crippen LogP contribution in [0.3, 0.4) is 0 Å². The average Bonchev–Trinajstić information content (AvgIpc) is 2.78. The molecule has 0 aliphatic heterocycles. The van der Waals surface area contributed by atoms with Crippen LogP contribution in [0.25, 0.3) is 0 Å². The van der Waals surface area contributed by atoms with Crippen molar-refractivity contribution in [3.63, 3.8) is 0 Å². The van der Waals surface area contributed by atoms with Crippen LogP contribution in [0.15, 0.2) is 84.5 Å². The largest absolute Gasteiger partial charge is 0.407 e. The van der Waals surface area contributed by atoms with Gasteiger partial charge >= 0.3 is 0 Å². The van der Waals surface area contributed by atoms with Crippen LogP contribution in [0.1, 0.15) is 52.9 Å². The van der Waals surface area contributed by atoms with E-state index in [4.69, 9.17) is 4.43 Å². The van der Waals surface area contributed by atoms with E-state index in [1.165, 1.54) is 16.4 Å². The van der Waals surface area contributed by atoms with Crippen molar-refractivity contribution in [3.05, 3.63) is 84.5 Å². The van der Waals surface area contributed by atoms with Gasteiger partial charge in [0.25, 0.3) is 8.32 Å². The molecule has 0 heterocycles. The molecule has 0 radical (unpaired) electrons. The number of halogens is 3. The van der Waals surface area contributed by atoms with Gasteiger partial charge in [0, 0.05) is 24.8 Å². The minimum absolute atomic E-state index is 0.0252. The Bertz CT molecular complexity index is 821. The SMILES string of the molecule is CC(C)(C)[Si](OCCCC/C=C(/F)C/C=C(/F)CCBr)(c1ccccc1)c1ccccc1. The molecule has 174 valence electrons. The first-order valence-corrected chi connectivity index (χ1v) is 14.3. The summed E-state index contributed by atoms with van der Waals surface area (Å²) in [7, 11) is -2.51. The molecule has 0 bridgehead atoms. The summed E-state index contributed by atoms with van der Waals surface area (Å²) in [5, 5.41) is 3.03. The van der Waals surface area contributed by atoms with Crippen LogP contribution in [-0.4, -0.2) is 20.3 Å². The molecule has 0 aliphatic carbocycles. The Hall–Kier alpha value is -1.56. The van der Waals surface area contributed by atoms with Crippen LogP contribution in [0, 0.1) is 0 Å². The molecule has 32 heavy (non-hydrogen) atoms. The van der Waals surface area contributed by atoms with Crippen LogP contribution in [0.4, 0.5) is 8.78 Å². The van der Waals surface area contributed by atoms with E-state index in [9.17, 15) is 8.78 Å². The second-order valence-electron chi connectivity index (χ2n) is 8.95. The van der Waals surface area contributed by atoms with Gasteiger partial charge in [-0.15, -0.1) is 0 Å². The molecule has 0 saturated carbocycles. The Labute approximate surface area is 201 Å². The number of benzene rings is 2. The van der Waals surface area contributed by atoms with Crippen molar-refractivity contribution in [2.45, 2.75) is 57.9 Å². The summed E-state index contributed by atoms with van der Waals surface area (Å²) in [6.07, 6.45) is 5.52. The van der Waals surface area contributed by atoms with Crippen molar-refractivity contribution in [1.82, 2.24) is 0 Å². The summed E-state index contributed by atoms with van der Waals surface area (Å²) >= 11 is 3.18. The van der Waals surface area contributed by atoms with E-state index < -0.39 is 8.32 Å². The quantitative estimate of drug-likeness (QED) is 0.159. The molecule has 1 nitrogen and oxygen atoms in total. The molecule has 0 aliphatic rings. The monoisotopic (exact) mass is 520 g/mol. The lowest BCUT2D eigenvalue weighted by atomic mass is 10.2. The van der Waals surface area contributed by atoms with Gasteiger partial charge < -0.3 is 4.43 Å². The lowest BCUT2D eigenvalue weighted by molar-refractivity contribution is 0.288. The Kier molecular flexibility index (Phi) is 11.0. The summed E-state index contributed by atoms with van der Waals surface area (Å²) < 4.78 is 34.1. The lowest BCUT2D eigenvalue weighted by Crippen LogP contribution is -2.66. The van der Waals surface area contributed by atoms with Gasteiger partial charge in [0.05, 0.1) is 11.7 Å². The Morgan fingerprint density at radius 3 is 1.94 bits per heavy atom. The van der Waals surface area contributed by atoms with Crippen molar-refractivity contribution in [2.24, 2.45) is 0 Å². The second kappa shape index (κ2) is 13.2. The van der Waals surface area contributed by atoms with E-state index in [2.05, 4.69) is 85.2 Å². The summed E-state index contributed by atoms with van der Waals surface area (Å²) in [4.78, 5) is 0. The number of hydrogen-bond acceptors (Lipinski definition) is 1. The highest BCUT2D eigenvalue weighted by molar-refractivity contribution is 9.09. The fourth-order valence-corrected chi connectivity index (χ4v) is 8.96. The van der Waals surface area contributed by atoms with Crippen molar-refractivity contribution < 1.29 is 13.2 Å². The normalized spacial score (nSPS) is 13.4.